The predicted molar refractivity (Wildman–Crippen MR) is 60.5 cm³/mol. The molecule has 2 fully saturated rings. The highest BCUT2D eigenvalue weighted by atomic mass is 15.3. The summed E-state index contributed by atoms with van der Waals surface area (Å²) >= 11 is 0. The van der Waals surface area contributed by atoms with Gasteiger partial charge in [0.05, 0.1) is 0 Å². The molecule has 1 heterocycles. The zero-order valence-electron chi connectivity index (χ0n) is 9.63. The minimum Gasteiger partial charge on any atom is -0.311 e. The number of piperazine rings is 1. The molecule has 2 aliphatic rings. The highest BCUT2D eigenvalue weighted by Crippen LogP contribution is 2.28. The van der Waals surface area contributed by atoms with Crippen LogP contribution in [0, 0.1) is 0 Å². The zero-order chi connectivity index (χ0) is 9.97. The Balaban J connectivity index is 1.86. The van der Waals surface area contributed by atoms with E-state index in [0.717, 1.165) is 18.1 Å². The molecule has 1 N–H and O–H groups in total. The first-order valence-electron chi connectivity index (χ1n) is 6.30. The molecule has 14 heavy (non-hydrogen) atoms. The van der Waals surface area contributed by atoms with Crippen molar-refractivity contribution < 1.29 is 0 Å². The van der Waals surface area contributed by atoms with Crippen molar-refractivity contribution in [2.75, 3.05) is 13.1 Å². The largest absolute Gasteiger partial charge is 0.311 e. The minimum absolute atomic E-state index is 0.758. The molecule has 1 aliphatic carbocycles. The SMILES string of the molecule is CCCC1CN(C2CCC2)C(C)CN1. The van der Waals surface area contributed by atoms with Crippen molar-refractivity contribution in [3.63, 3.8) is 0 Å². The lowest BCUT2D eigenvalue weighted by molar-refractivity contribution is 0.0483. The van der Waals surface area contributed by atoms with Gasteiger partial charge in [0.25, 0.3) is 0 Å². The third-order valence-corrected chi connectivity index (χ3v) is 3.88. The highest BCUT2D eigenvalue weighted by Gasteiger charge is 2.32. The molecule has 0 bridgehead atoms. The van der Waals surface area contributed by atoms with E-state index in [1.165, 1.54) is 45.2 Å². The van der Waals surface area contributed by atoms with Gasteiger partial charge in [-0.05, 0) is 26.2 Å². The molecule has 0 amide bonds. The molecule has 1 saturated heterocycles. The highest BCUT2D eigenvalue weighted by molar-refractivity contribution is 4.90. The molecule has 0 spiro atoms. The van der Waals surface area contributed by atoms with E-state index in [4.69, 9.17) is 0 Å². The maximum atomic E-state index is 3.66. The van der Waals surface area contributed by atoms with Crippen LogP contribution in [0.1, 0.15) is 46.0 Å². The number of hydrogen-bond donors (Lipinski definition) is 1. The molecule has 82 valence electrons. The molecule has 0 aromatic carbocycles. The summed E-state index contributed by atoms with van der Waals surface area (Å²) in [5.41, 5.74) is 0. The summed E-state index contributed by atoms with van der Waals surface area (Å²) in [6.07, 6.45) is 7.01. The molecule has 0 radical (unpaired) electrons. The Morgan fingerprint density at radius 2 is 2.14 bits per heavy atom. The van der Waals surface area contributed by atoms with E-state index in [0.29, 0.717) is 0 Å². The van der Waals surface area contributed by atoms with Crippen molar-refractivity contribution in [1.82, 2.24) is 10.2 Å². The fraction of sp³-hybridized carbons (Fsp3) is 1.00. The van der Waals surface area contributed by atoms with Crippen LogP contribution in [0.3, 0.4) is 0 Å². The summed E-state index contributed by atoms with van der Waals surface area (Å²) in [5, 5.41) is 3.66. The monoisotopic (exact) mass is 196 g/mol. The van der Waals surface area contributed by atoms with Gasteiger partial charge >= 0.3 is 0 Å². The van der Waals surface area contributed by atoms with Crippen molar-refractivity contribution in [2.45, 2.75) is 64.1 Å². The minimum atomic E-state index is 0.758. The van der Waals surface area contributed by atoms with E-state index in [9.17, 15) is 0 Å². The van der Waals surface area contributed by atoms with Gasteiger partial charge in [-0.15, -0.1) is 0 Å². The molecule has 0 aromatic heterocycles. The van der Waals surface area contributed by atoms with Crippen LogP contribution in [0.5, 0.6) is 0 Å². The molecule has 2 rings (SSSR count). The van der Waals surface area contributed by atoms with Gasteiger partial charge in [0, 0.05) is 31.2 Å². The van der Waals surface area contributed by atoms with Crippen LogP contribution in [0.15, 0.2) is 0 Å². The lowest BCUT2D eigenvalue weighted by atomic mass is 9.89. The Bertz CT molecular complexity index is 175. The normalized spacial score (nSPS) is 35.6. The van der Waals surface area contributed by atoms with Gasteiger partial charge in [-0.2, -0.15) is 0 Å². The fourth-order valence-electron chi connectivity index (χ4n) is 2.72. The molecule has 1 aliphatic heterocycles. The maximum absolute atomic E-state index is 3.66. The van der Waals surface area contributed by atoms with Gasteiger partial charge in [-0.25, -0.2) is 0 Å². The Morgan fingerprint density at radius 1 is 1.36 bits per heavy atom. The van der Waals surface area contributed by atoms with Crippen LogP contribution >= 0.6 is 0 Å². The summed E-state index contributed by atoms with van der Waals surface area (Å²) < 4.78 is 0. The summed E-state index contributed by atoms with van der Waals surface area (Å²) in [6, 6.07) is 2.44. The van der Waals surface area contributed by atoms with Gasteiger partial charge in [0.2, 0.25) is 0 Å². The molecule has 2 atom stereocenters. The molecule has 2 unspecified atom stereocenters. The lowest BCUT2D eigenvalue weighted by Crippen LogP contribution is -2.59. The number of nitrogens with zero attached hydrogens (tertiary/aromatic N) is 1. The van der Waals surface area contributed by atoms with E-state index in [2.05, 4.69) is 24.1 Å². The van der Waals surface area contributed by atoms with Crippen molar-refractivity contribution in [2.24, 2.45) is 0 Å². The predicted octanol–water partition coefficient (Wildman–Crippen LogP) is 2.00. The summed E-state index contributed by atoms with van der Waals surface area (Å²) in [5.74, 6) is 0. The molecular weight excluding hydrogens is 172 g/mol. The standard InChI is InChI=1S/C12H24N2/c1-3-5-11-9-14(10(2)8-13-11)12-6-4-7-12/h10-13H,3-9H2,1-2H3. The van der Waals surface area contributed by atoms with Gasteiger partial charge in [-0.3, -0.25) is 4.90 Å². The molecule has 0 aromatic rings. The molecular formula is C12H24N2. The van der Waals surface area contributed by atoms with Crippen LogP contribution in [-0.2, 0) is 0 Å². The fourth-order valence-corrected chi connectivity index (χ4v) is 2.72. The molecule has 2 nitrogen and oxygen atoms in total. The third-order valence-electron chi connectivity index (χ3n) is 3.88. The Hall–Kier alpha value is -0.0800. The smallest absolute Gasteiger partial charge is 0.0196 e. The second-order valence-electron chi connectivity index (χ2n) is 5.02. The Labute approximate surface area is 88.1 Å². The first kappa shape index (κ1) is 10.4. The van der Waals surface area contributed by atoms with Crippen molar-refractivity contribution in [3.8, 4) is 0 Å². The average molecular weight is 196 g/mol. The Morgan fingerprint density at radius 3 is 2.71 bits per heavy atom. The van der Waals surface area contributed by atoms with E-state index in [-0.39, 0.29) is 0 Å². The number of hydrogen-bond acceptors (Lipinski definition) is 2. The summed E-state index contributed by atoms with van der Waals surface area (Å²) in [7, 11) is 0. The second-order valence-corrected chi connectivity index (χ2v) is 5.02. The molecule has 2 heteroatoms. The van der Waals surface area contributed by atoms with Gasteiger partial charge in [0.15, 0.2) is 0 Å². The number of nitrogens with one attached hydrogen (secondary N) is 1. The van der Waals surface area contributed by atoms with E-state index in [1.54, 1.807) is 0 Å². The molecule has 1 saturated carbocycles. The van der Waals surface area contributed by atoms with Crippen LogP contribution in [0.2, 0.25) is 0 Å². The van der Waals surface area contributed by atoms with Crippen LogP contribution in [0.4, 0.5) is 0 Å². The lowest BCUT2D eigenvalue weighted by Gasteiger charge is -2.46. The van der Waals surface area contributed by atoms with Crippen molar-refractivity contribution in [1.29, 1.82) is 0 Å². The van der Waals surface area contributed by atoms with Gasteiger partial charge < -0.3 is 5.32 Å². The quantitative estimate of drug-likeness (QED) is 0.743. The van der Waals surface area contributed by atoms with E-state index >= 15 is 0 Å². The van der Waals surface area contributed by atoms with E-state index in [1.807, 2.05) is 0 Å². The Kier molecular flexibility index (Phi) is 3.45. The van der Waals surface area contributed by atoms with E-state index < -0.39 is 0 Å². The zero-order valence-corrected chi connectivity index (χ0v) is 9.63. The topological polar surface area (TPSA) is 15.3 Å². The summed E-state index contributed by atoms with van der Waals surface area (Å²) in [4.78, 5) is 2.75. The number of rotatable bonds is 3. The van der Waals surface area contributed by atoms with Crippen molar-refractivity contribution >= 4 is 0 Å². The third kappa shape index (κ3) is 2.12. The van der Waals surface area contributed by atoms with Crippen LogP contribution < -0.4 is 5.32 Å². The van der Waals surface area contributed by atoms with Gasteiger partial charge in [0.1, 0.15) is 0 Å². The van der Waals surface area contributed by atoms with Crippen molar-refractivity contribution in [3.05, 3.63) is 0 Å². The first-order valence-corrected chi connectivity index (χ1v) is 6.30. The summed E-state index contributed by atoms with van der Waals surface area (Å²) in [6.45, 7) is 7.14. The van der Waals surface area contributed by atoms with Gasteiger partial charge in [-0.1, -0.05) is 19.8 Å². The average Bonchev–Trinajstić information content (AvgIpc) is 2.08. The first-order chi connectivity index (χ1) is 6.81. The van der Waals surface area contributed by atoms with Crippen LogP contribution in [-0.4, -0.2) is 36.1 Å². The maximum Gasteiger partial charge on any atom is 0.0196 e. The second kappa shape index (κ2) is 4.63. The van der Waals surface area contributed by atoms with Crippen LogP contribution in [0.25, 0.3) is 0 Å².